The van der Waals surface area contributed by atoms with E-state index in [1.165, 1.54) is 16.1 Å². The van der Waals surface area contributed by atoms with Crippen LogP contribution in [-0.2, 0) is 0 Å². The summed E-state index contributed by atoms with van der Waals surface area (Å²) in [6.07, 6.45) is 1.59. The van der Waals surface area contributed by atoms with Gasteiger partial charge in [0, 0.05) is 11.1 Å². The molecule has 0 fully saturated rings. The van der Waals surface area contributed by atoms with Crippen molar-refractivity contribution in [3.05, 3.63) is 63.3 Å². The lowest BCUT2D eigenvalue weighted by atomic mass is 10.3. The quantitative estimate of drug-likeness (QED) is 0.386. The molecular weight excluding hydrogens is 473 g/mol. The summed E-state index contributed by atoms with van der Waals surface area (Å²) in [4.78, 5) is 18.4. The fourth-order valence-electron chi connectivity index (χ4n) is 3.09. The molecule has 0 saturated carbocycles. The molecule has 4 aromatic heterocycles. The molecule has 1 amide bonds. The number of hydrogen-bond acceptors (Lipinski definition) is 8. The number of anilines is 2. The number of halogens is 2. The molecule has 5 aromatic rings. The Morgan fingerprint density at radius 3 is 2.59 bits per heavy atom. The molecule has 0 bridgehead atoms. The highest BCUT2D eigenvalue weighted by Gasteiger charge is 2.20. The van der Waals surface area contributed by atoms with E-state index < -0.39 is 5.91 Å². The molecule has 160 valence electrons. The Labute approximate surface area is 194 Å². The van der Waals surface area contributed by atoms with Crippen molar-refractivity contribution in [1.82, 2.24) is 34.6 Å². The van der Waals surface area contributed by atoms with Crippen LogP contribution in [0.1, 0.15) is 16.2 Å². The maximum absolute atomic E-state index is 11.9. The van der Waals surface area contributed by atoms with Gasteiger partial charge in [-0.2, -0.15) is 0 Å². The van der Waals surface area contributed by atoms with E-state index in [2.05, 4.69) is 30.7 Å². The van der Waals surface area contributed by atoms with Crippen LogP contribution in [0.4, 0.5) is 11.5 Å². The zero-order valence-electron chi connectivity index (χ0n) is 16.3. The van der Waals surface area contributed by atoms with Crippen molar-refractivity contribution in [3.63, 3.8) is 0 Å². The molecule has 0 saturated heterocycles. The normalized spacial score (nSPS) is 11.2. The lowest BCUT2D eigenvalue weighted by Crippen LogP contribution is -2.14. The molecule has 0 aliphatic heterocycles. The molecule has 13 heteroatoms. The predicted octanol–water partition coefficient (Wildman–Crippen LogP) is 3.89. The van der Waals surface area contributed by atoms with Crippen molar-refractivity contribution < 1.29 is 4.79 Å². The summed E-state index contributed by atoms with van der Waals surface area (Å²) in [7, 11) is 0. The summed E-state index contributed by atoms with van der Waals surface area (Å²) < 4.78 is 1.93. The second kappa shape index (κ2) is 7.86. The highest BCUT2D eigenvalue weighted by Crippen LogP contribution is 2.29. The van der Waals surface area contributed by atoms with E-state index in [1.54, 1.807) is 36.5 Å². The lowest BCUT2D eigenvalue weighted by molar-refractivity contribution is 0.0996. The summed E-state index contributed by atoms with van der Waals surface area (Å²) in [5, 5.41) is 22.5. The minimum atomic E-state index is -0.759. The van der Waals surface area contributed by atoms with Crippen LogP contribution in [0.15, 0.2) is 41.9 Å². The average molecular weight is 486 g/mol. The number of aryl methyl sites for hydroxylation is 1. The zero-order chi connectivity index (χ0) is 22.4. The van der Waals surface area contributed by atoms with Crippen molar-refractivity contribution in [2.75, 3.05) is 5.32 Å². The van der Waals surface area contributed by atoms with Crippen LogP contribution in [0.25, 0.3) is 22.2 Å². The van der Waals surface area contributed by atoms with Gasteiger partial charge in [-0.15, -0.1) is 36.5 Å². The van der Waals surface area contributed by atoms with Crippen LogP contribution < -0.4 is 11.1 Å². The number of hydrogen-bond donors (Lipinski definition) is 2. The van der Waals surface area contributed by atoms with Gasteiger partial charge in [0.05, 0.1) is 21.9 Å². The van der Waals surface area contributed by atoms with Crippen molar-refractivity contribution >= 4 is 56.9 Å². The number of aromatic nitrogens is 7. The molecule has 0 radical (unpaired) electrons. The summed E-state index contributed by atoms with van der Waals surface area (Å²) in [5.41, 5.74) is 7.99. The third-order valence-corrected chi connectivity index (χ3v) is 6.10. The number of primary amides is 1. The van der Waals surface area contributed by atoms with Gasteiger partial charge in [-0.1, -0.05) is 29.3 Å². The largest absolute Gasteiger partial charge is 0.364 e. The van der Waals surface area contributed by atoms with Gasteiger partial charge in [0.15, 0.2) is 17.3 Å². The number of nitrogens with two attached hydrogens (primary N) is 1. The number of carbonyl (C=O) groups is 1. The van der Waals surface area contributed by atoms with Crippen LogP contribution >= 0.6 is 34.5 Å². The number of carbonyl (C=O) groups excluding carboxylic acids is 1. The fourth-order valence-corrected chi connectivity index (χ4v) is 4.45. The molecular formula is C19H13Cl2N9OS. The highest BCUT2D eigenvalue weighted by molar-refractivity contribution is 7.15. The molecule has 0 aliphatic carbocycles. The van der Waals surface area contributed by atoms with Crippen LogP contribution in [0.5, 0.6) is 0 Å². The molecule has 1 aromatic carbocycles. The minimum absolute atomic E-state index is 0.0712. The molecule has 0 unspecified atom stereocenters. The molecule has 10 nitrogen and oxygen atoms in total. The smallest absolute Gasteiger partial charge is 0.273 e. The van der Waals surface area contributed by atoms with Crippen LogP contribution in [-0.4, -0.2) is 40.5 Å². The Kier molecular flexibility index (Phi) is 5.00. The number of pyridine rings is 1. The van der Waals surface area contributed by atoms with Gasteiger partial charge < -0.3 is 11.1 Å². The number of amides is 1. The van der Waals surface area contributed by atoms with E-state index in [0.29, 0.717) is 32.9 Å². The second-order valence-electron chi connectivity index (χ2n) is 6.70. The standard InChI is InChI=1S/C19H13Cl2N9OS/c1-9-8-32-19-26-25-18(29(9)19)13-6-5-10(7-23-13)24-17-14(16(22)31)27-30(28-17)15-11(20)3-2-4-12(15)21/h2-8H,1H3,(H2,22,31)(H,24,28). The van der Waals surface area contributed by atoms with E-state index in [1.807, 2.05) is 16.7 Å². The molecule has 32 heavy (non-hydrogen) atoms. The average Bonchev–Trinajstić information content (AvgIpc) is 3.46. The maximum atomic E-state index is 11.9. The van der Waals surface area contributed by atoms with Gasteiger partial charge in [0.25, 0.3) is 5.91 Å². The van der Waals surface area contributed by atoms with Crippen LogP contribution in [0.3, 0.4) is 0 Å². The second-order valence-corrected chi connectivity index (χ2v) is 8.35. The number of benzene rings is 1. The lowest BCUT2D eigenvalue weighted by Gasteiger charge is -2.05. The van der Waals surface area contributed by atoms with Gasteiger partial charge in [0.2, 0.25) is 4.96 Å². The highest BCUT2D eigenvalue weighted by atomic mass is 35.5. The summed E-state index contributed by atoms with van der Waals surface area (Å²) in [5.74, 6) is 0.0225. The first-order chi connectivity index (χ1) is 15.4. The van der Waals surface area contributed by atoms with E-state index in [0.717, 1.165) is 10.7 Å². The number of fused-ring (bicyclic) bond motifs is 1. The Morgan fingerprint density at radius 2 is 1.91 bits per heavy atom. The van der Waals surface area contributed by atoms with E-state index in [4.69, 9.17) is 28.9 Å². The monoisotopic (exact) mass is 485 g/mol. The van der Waals surface area contributed by atoms with Gasteiger partial charge in [-0.3, -0.25) is 14.2 Å². The molecule has 5 rings (SSSR count). The maximum Gasteiger partial charge on any atom is 0.273 e. The van der Waals surface area contributed by atoms with E-state index >= 15 is 0 Å². The zero-order valence-corrected chi connectivity index (χ0v) is 18.7. The predicted molar refractivity (Wildman–Crippen MR) is 122 cm³/mol. The van der Waals surface area contributed by atoms with E-state index in [-0.39, 0.29) is 11.5 Å². The van der Waals surface area contributed by atoms with Crippen molar-refractivity contribution in [3.8, 4) is 17.2 Å². The summed E-state index contributed by atoms with van der Waals surface area (Å²) in [6.45, 7) is 1.98. The van der Waals surface area contributed by atoms with Crippen LogP contribution in [0, 0.1) is 6.92 Å². The van der Waals surface area contributed by atoms with Crippen LogP contribution in [0.2, 0.25) is 10.0 Å². The van der Waals surface area contributed by atoms with Crippen molar-refractivity contribution in [2.45, 2.75) is 6.92 Å². The first-order valence-electron chi connectivity index (χ1n) is 9.16. The van der Waals surface area contributed by atoms with Gasteiger partial charge >= 0.3 is 0 Å². The van der Waals surface area contributed by atoms with Gasteiger partial charge in [-0.05, 0) is 31.2 Å². The Balaban J connectivity index is 1.48. The molecule has 0 atom stereocenters. The third kappa shape index (κ3) is 3.45. The Morgan fingerprint density at radius 1 is 1.12 bits per heavy atom. The topological polar surface area (TPSA) is 129 Å². The SMILES string of the molecule is Cc1csc2nnc(-c3ccc(Nc4nn(-c5c(Cl)cccc5Cl)nc4C(N)=O)cn3)n12. The molecule has 0 aliphatic rings. The molecule has 3 N–H and O–H groups in total. The summed E-state index contributed by atoms with van der Waals surface area (Å²) >= 11 is 14.0. The summed E-state index contributed by atoms with van der Waals surface area (Å²) in [6, 6.07) is 8.54. The number of rotatable bonds is 5. The first kappa shape index (κ1) is 20.4. The fraction of sp³-hybridized carbons (Fsp3) is 0.0526. The number of nitrogens with one attached hydrogen (secondary N) is 1. The molecule has 0 spiro atoms. The van der Waals surface area contributed by atoms with Gasteiger partial charge in [-0.25, -0.2) is 0 Å². The van der Waals surface area contributed by atoms with Gasteiger partial charge in [0.1, 0.15) is 11.4 Å². The van der Waals surface area contributed by atoms with E-state index in [9.17, 15) is 4.79 Å². The Bertz CT molecular complexity index is 1450. The number of para-hydroxylation sites is 1. The van der Waals surface area contributed by atoms with Crippen molar-refractivity contribution in [2.24, 2.45) is 5.73 Å². The molecule has 4 heterocycles. The third-order valence-electron chi connectivity index (χ3n) is 4.56. The number of thiazole rings is 1. The number of nitrogens with zero attached hydrogens (tertiary/aromatic N) is 7. The first-order valence-corrected chi connectivity index (χ1v) is 10.8. The minimum Gasteiger partial charge on any atom is -0.364 e. The van der Waals surface area contributed by atoms with Crippen molar-refractivity contribution in [1.29, 1.82) is 0 Å². The Hall–Kier alpha value is -3.54.